The number of hydrogen-bond donors (Lipinski definition) is 0. The molecule has 13 rings (SSSR count). The minimum Gasteiger partial charge on any atom is -0.309 e. The third-order valence-electron chi connectivity index (χ3n) is 12.6. The van der Waals surface area contributed by atoms with E-state index in [4.69, 9.17) is 9.97 Å². The number of thiophene rings is 1. The molecule has 5 heteroatoms. The lowest BCUT2D eigenvalue weighted by Crippen LogP contribution is -2.04. The molecule has 63 heavy (non-hydrogen) atoms. The second kappa shape index (κ2) is 14.2. The van der Waals surface area contributed by atoms with Gasteiger partial charge in [-0.2, -0.15) is 0 Å². The van der Waals surface area contributed by atoms with Crippen LogP contribution in [0, 0.1) is 0 Å². The van der Waals surface area contributed by atoms with Crippen molar-refractivity contribution in [3.63, 3.8) is 0 Å². The average Bonchev–Trinajstić information content (AvgIpc) is 4.02. The van der Waals surface area contributed by atoms with E-state index in [1.807, 2.05) is 23.5 Å². The van der Waals surface area contributed by atoms with Gasteiger partial charge in [-0.05, 0) is 77.4 Å². The molecule has 0 N–H and O–H groups in total. The van der Waals surface area contributed by atoms with Crippen LogP contribution < -0.4 is 0 Å². The fraction of sp³-hybridized carbons (Fsp3) is 0. The van der Waals surface area contributed by atoms with Crippen LogP contribution in [0.5, 0.6) is 0 Å². The summed E-state index contributed by atoms with van der Waals surface area (Å²) in [5, 5.41) is 7.33. The maximum atomic E-state index is 5.33. The Morgan fingerprint density at radius 2 is 0.825 bits per heavy atom. The summed E-state index contributed by atoms with van der Waals surface area (Å²) < 4.78 is 7.35. The largest absolute Gasteiger partial charge is 0.309 e. The van der Waals surface area contributed by atoms with Gasteiger partial charge < -0.3 is 4.57 Å². The molecule has 0 saturated carbocycles. The number of rotatable bonds is 6. The molecule has 9 aromatic carbocycles. The van der Waals surface area contributed by atoms with Crippen molar-refractivity contribution in [1.29, 1.82) is 0 Å². The van der Waals surface area contributed by atoms with Crippen LogP contribution >= 0.6 is 11.3 Å². The Morgan fingerprint density at radius 1 is 0.317 bits per heavy atom. The van der Waals surface area contributed by atoms with Crippen LogP contribution in [0.15, 0.2) is 218 Å². The van der Waals surface area contributed by atoms with E-state index in [9.17, 15) is 0 Å². The first kappa shape index (κ1) is 35.6. The smallest absolute Gasteiger partial charge is 0.235 e. The van der Waals surface area contributed by atoms with Crippen molar-refractivity contribution in [2.24, 2.45) is 0 Å². The maximum Gasteiger partial charge on any atom is 0.235 e. The zero-order chi connectivity index (χ0) is 41.4. The van der Waals surface area contributed by atoms with Gasteiger partial charge in [0.2, 0.25) is 5.95 Å². The Hall–Kier alpha value is -8.12. The molecule has 4 heterocycles. The summed E-state index contributed by atoms with van der Waals surface area (Å²) in [6.07, 6.45) is 0. The molecule has 0 bridgehead atoms. The summed E-state index contributed by atoms with van der Waals surface area (Å²) in [4.78, 5) is 10.7. The van der Waals surface area contributed by atoms with E-state index in [1.54, 1.807) is 0 Å². The molecule has 0 aliphatic carbocycles. The van der Waals surface area contributed by atoms with Gasteiger partial charge in [0.15, 0.2) is 0 Å². The Morgan fingerprint density at radius 3 is 1.48 bits per heavy atom. The summed E-state index contributed by atoms with van der Waals surface area (Å²) in [5.74, 6) is 0.639. The van der Waals surface area contributed by atoms with Crippen LogP contribution in [0.4, 0.5) is 0 Å². The number of benzene rings is 9. The minimum atomic E-state index is 0.639. The van der Waals surface area contributed by atoms with Crippen LogP contribution in [-0.4, -0.2) is 19.1 Å². The Bertz CT molecular complexity index is 3840. The quantitative estimate of drug-likeness (QED) is 0.167. The highest BCUT2D eigenvalue weighted by atomic mass is 32.1. The van der Waals surface area contributed by atoms with Gasteiger partial charge in [-0.3, -0.25) is 4.57 Å². The molecule has 0 radical (unpaired) electrons. The van der Waals surface area contributed by atoms with E-state index in [-0.39, 0.29) is 0 Å². The van der Waals surface area contributed by atoms with E-state index in [0.29, 0.717) is 5.95 Å². The van der Waals surface area contributed by atoms with Gasteiger partial charge in [0.05, 0.1) is 39.1 Å². The van der Waals surface area contributed by atoms with Crippen molar-refractivity contribution in [1.82, 2.24) is 19.1 Å². The van der Waals surface area contributed by atoms with Crippen molar-refractivity contribution in [3.05, 3.63) is 218 Å². The second-order valence-electron chi connectivity index (χ2n) is 16.1. The molecule has 4 nitrogen and oxygen atoms in total. The molecule has 0 fully saturated rings. The van der Waals surface area contributed by atoms with E-state index >= 15 is 0 Å². The highest BCUT2D eigenvalue weighted by Gasteiger charge is 2.24. The van der Waals surface area contributed by atoms with Crippen LogP contribution in [0.25, 0.3) is 120 Å². The molecule has 4 aromatic heterocycles. The van der Waals surface area contributed by atoms with Crippen LogP contribution in [0.3, 0.4) is 0 Å². The molecule has 0 spiro atoms. The average molecular weight is 821 g/mol. The SMILES string of the molecule is c1ccc(-c2ccc(-n3c4ccccc4c4c5c6ccccc6n(-c6nc(-c7ccccc7)cc(-c7ccccc7)n6)c5ccc43)c(-c3ccc4sc5ccccc5c4c3)c2)cc1. The standard InChI is InChI=1S/C58H36N4S/c1-4-16-37(17-5-1)40-28-30-51(45(34-40)41-29-33-55-46(35-41)42-22-12-15-27-54(42)63-55)61-49-25-13-10-23-43(49)56-52(61)31-32-53-57(56)44-24-11-14-26-50(44)62(53)58-59-47(38-18-6-2-7-19-38)36-48(60-58)39-20-8-3-9-21-39/h1-36H. The molecule has 0 saturated heterocycles. The fourth-order valence-electron chi connectivity index (χ4n) is 9.71. The fourth-order valence-corrected chi connectivity index (χ4v) is 10.8. The van der Waals surface area contributed by atoms with Crippen LogP contribution in [-0.2, 0) is 0 Å². The summed E-state index contributed by atoms with van der Waals surface area (Å²) in [7, 11) is 0. The monoisotopic (exact) mass is 820 g/mol. The molecular formula is C58H36N4S. The van der Waals surface area contributed by atoms with Gasteiger partial charge in [0.25, 0.3) is 0 Å². The van der Waals surface area contributed by atoms with Gasteiger partial charge in [-0.15, -0.1) is 11.3 Å². The third-order valence-corrected chi connectivity index (χ3v) is 13.7. The molecule has 294 valence electrons. The first-order valence-electron chi connectivity index (χ1n) is 21.3. The van der Waals surface area contributed by atoms with Gasteiger partial charge in [-0.25, -0.2) is 9.97 Å². The number of nitrogens with zero attached hydrogens (tertiary/aromatic N) is 4. The van der Waals surface area contributed by atoms with Crippen molar-refractivity contribution in [3.8, 4) is 56.4 Å². The van der Waals surface area contributed by atoms with Gasteiger partial charge in [0.1, 0.15) is 0 Å². The predicted octanol–water partition coefficient (Wildman–Crippen LogP) is 15.7. The lowest BCUT2D eigenvalue weighted by Gasteiger charge is -2.16. The summed E-state index contributed by atoms with van der Waals surface area (Å²) >= 11 is 1.86. The molecule has 0 unspecified atom stereocenters. The van der Waals surface area contributed by atoms with E-state index < -0.39 is 0 Å². The molecule has 0 amide bonds. The van der Waals surface area contributed by atoms with Gasteiger partial charge in [-0.1, -0.05) is 158 Å². The van der Waals surface area contributed by atoms with E-state index in [2.05, 4.69) is 215 Å². The first-order chi connectivity index (χ1) is 31.2. The predicted molar refractivity (Wildman–Crippen MR) is 265 cm³/mol. The molecule has 0 aliphatic rings. The summed E-state index contributed by atoms with van der Waals surface area (Å²) in [6.45, 7) is 0. The normalized spacial score (nSPS) is 11.8. The zero-order valence-electron chi connectivity index (χ0n) is 34.0. The Balaban J connectivity index is 1.10. The number of fused-ring (bicyclic) bond motifs is 10. The lowest BCUT2D eigenvalue weighted by molar-refractivity contribution is 0.996. The highest BCUT2D eigenvalue weighted by Crippen LogP contribution is 2.45. The molecule has 13 aromatic rings. The summed E-state index contributed by atoms with van der Waals surface area (Å²) in [6, 6.07) is 78.5. The second-order valence-corrected chi connectivity index (χ2v) is 17.2. The van der Waals surface area contributed by atoms with Crippen molar-refractivity contribution >= 4 is 75.1 Å². The van der Waals surface area contributed by atoms with Gasteiger partial charge >= 0.3 is 0 Å². The first-order valence-corrected chi connectivity index (χ1v) is 22.1. The van der Waals surface area contributed by atoms with E-state index in [1.165, 1.54) is 58.6 Å². The Kier molecular flexibility index (Phi) is 8.05. The lowest BCUT2D eigenvalue weighted by atomic mass is 9.96. The summed E-state index contributed by atoms with van der Waals surface area (Å²) in [5.41, 5.74) is 14.1. The number of para-hydroxylation sites is 2. The number of hydrogen-bond acceptors (Lipinski definition) is 3. The third kappa shape index (κ3) is 5.67. The van der Waals surface area contributed by atoms with Crippen molar-refractivity contribution in [2.75, 3.05) is 0 Å². The maximum absolute atomic E-state index is 5.33. The van der Waals surface area contributed by atoms with Crippen molar-refractivity contribution in [2.45, 2.75) is 0 Å². The Labute approximate surface area is 367 Å². The highest BCUT2D eigenvalue weighted by molar-refractivity contribution is 7.25. The molecule has 0 aliphatic heterocycles. The minimum absolute atomic E-state index is 0.639. The van der Waals surface area contributed by atoms with Gasteiger partial charge in [0, 0.05) is 58.4 Å². The molecular weight excluding hydrogens is 785 g/mol. The van der Waals surface area contributed by atoms with E-state index in [0.717, 1.165) is 55.7 Å². The van der Waals surface area contributed by atoms with Crippen LogP contribution in [0.1, 0.15) is 0 Å². The topological polar surface area (TPSA) is 35.6 Å². The molecule has 0 atom stereocenters. The van der Waals surface area contributed by atoms with Crippen molar-refractivity contribution < 1.29 is 0 Å². The zero-order valence-corrected chi connectivity index (χ0v) is 34.8. The van der Waals surface area contributed by atoms with Crippen LogP contribution in [0.2, 0.25) is 0 Å². The number of aromatic nitrogens is 4.